The van der Waals surface area contributed by atoms with Gasteiger partial charge in [-0.2, -0.15) is 0 Å². The first-order chi connectivity index (χ1) is 43.3. The minimum atomic E-state index is -2.37. The standard InChI is InChI=1S/C82H57N3/c1-56-49-81(85-55-78(56)60-31-13-5-14-32-60)64-43-46-70(74(52-64)58-27-9-3-10-28-58)67-36-18-17-35-66(67)62-41-44-72(77-54-65(80-40-22-24-48-84-80)53-75(59-29-11-4-12-30-59)82(77)61-33-15-6-16-34-61)76(50-62)69-38-20-19-37-68(69)71-45-42-63(79-39-21-23-47-83-79)51-73(71)57-25-7-2-8-26-57/h2-55H,1H3/i1D3. The van der Waals surface area contributed by atoms with E-state index in [4.69, 9.17) is 19.1 Å². The van der Waals surface area contributed by atoms with Crippen LogP contribution < -0.4 is 0 Å². The van der Waals surface area contributed by atoms with Crippen molar-refractivity contribution in [1.29, 1.82) is 0 Å². The second-order valence-corrected chi connectivity index (χ2v) is 21.2. The Kier molecular flexibility index (Phi) is 13.4. The zero-order valence-electron chi connectivity index (χ0n) is 49.5. The summed E-state index contributed by atoms with van der Waals surface area (Å²) in [5, 5.41) is 0. The van der Waals surface area contributed by atoms with Gasteiger partial charge in [0.05, 0.1) is 17.1 Å². The first-order valence-corrected chi connectivity index (χ1v) is 28.7. The number of aromatic nitrogens is 3. The van der Waals surface area contributed by atoms with Crippen LogP contribution >= 0.6 is 0 Å². The third kappa shape index (κ3) is 10.5. The molecule has 0 aliphatic heterocycles. The van der Waals surface area contributed by atoms with E-state index >= 15 is 0 Å². The summed E-state index contributed by atoms with van der Waals surface area (Å²) in [5.41, 5.74) is 26.1. The van der Waals surface area contributed by atoms with Gasteiger partial charge in [0.15, 0.2) is 0 Å². The monoisotopic (exact) mass is 1090 g/mol. The van der Waals surface area contributed by atoms with E-state index in [1.807, 2.05) is 67.0 Å². The molecule has 3 heteroatoms. The second-order valence-electron chi connectivity index (χ2n) is 21.2. The van der Waals surface area contributed by atoms with Crippen LogP contribution in [-0.2, 0) is 0 Å². The first-order valence-electron chi connectivity index (χ1n) is 30.2. The Morgan fingerprint density at radius 1 is 0.212 bits per heavy atom. The topological polar surface area (TPSA) is 38.7 Å². The number of aryl methyl sites for hydroxylation is 1. The molecule has 0 saturated heterocycles. The molecule has 400 valence electrons. The van der Waals surface area contributed by atoms with E-state index in [-0.39, 0.29) is 5.56 Å². The Balaban J connectivity index is 1.02. The summed E-state index contributed by atoms with van der Waals surface area (Å²) in [6, 6.07) is 108. The summed E-state index contributed by atoms with van der Waals surface area (Å²) >= 11 is 0. The molecular weight excluding hydrogens is 1030 g/mol. The van der Waals surface area contributed by atoms with Crippen LogP contribution in [0.4, 0.5) is 0 Å². The van der Waals surface area contributed by atoms with E-state index in [0.717, 1.165) is 134 Å². The third-order valence-corrected chi connectivity index (χ3v) is 16.0. The minimum absolute atomic E-state index is 0.258. The third-order valence-electron chi connectivity index (χ3n) is 16.0. The highest BCUT2D eigenvalue weighted by molar-refractivity contribution is 6.05. The lowest BCUT2D eigenvalue weighted by Crippen LogP contribution is -1.97. The predicted octanol–water partition coefficient (Wildman–Crippen LogP) is 21.9. The van der Waals surface area contributed by atoms with Crippen LogP contribution in [-0.4, -0.2) is 15.0 Å². The van der Waals surface area contributed by atoms with Gasteiger partial charge in [0.1, 0.15) is 0 Å². The molecule has 11 aromatic carbocycles. The van der Waals surface area contributed by atoms with E-state index in [0.29, 0.717) is 11.3 Å². The molecule has 14 aromatic rings. The number of nitrogens with zero attached hydrogens (tertiary/aromatic N) is 3. The van der Waals surface area contributed by atoms with Crippen LogP contribution in [0.3, 0.4) is 0 Å². The van der Waals surface area contributed by atoms with Crippen molar-refractivity contribution in [1.82, 2.24) is 15.0 Å². The molecule has 0 saturated carbocycles. The summed E-state index contributed by atoms with van der Waals surface area (Å²) in [6.45, 7) is -2.37. The lowest BCUT2D eigenvalue weighted by Gasteiger charge is -2.23. The highest BCUT2D eigenvalue weighted by Crippen LogP contribution is 2.50. The van der Waals surface area contributed by atoms with E-state index < -0.39 is 6.85 Å². The summed E-state index contributed by atoms with van der Waals surface area (Å²) in [6.07, 6.45) is 5.42. The maximum absolute atomic E-state index is 8.66. The Morgan fingerprint density at radius 3 is 1.09 bits per heavy atom. The van der Waals surface area contributed by atoms with Gasteiger partial charge in [-0.1, -0.05) is 249 Å². The van der Waals surface area contributed by atoms with Gasteiger partial charge in [0.2, 0.25) is 0 Å². The molecule has 3 heterocycles. The number of pyridine rings is 3. The van der Waals surface area contributed by atoms with Gasteiger partial charge in [-0.05, 0) is 179 Å². The van der Waals surface area contributed by atoms with Gasteiger partial charge in [-0.25, -0.2) is 0 Å². The fourth-order valence-corrected chi connectivity index (χ4v) is 12.0. The van der Waals surface area contributed by atoms with E-state index in [1.54, 1.807) is 12.3 Å². The Labute approximate surface area is 501 Å². The van der Waals surface area contributed by atoms with Crippen LogP contribution in [0.2, 0.25) is 0 Å². The van der Waals surface area contributed by atoms with Gasteiger partial charge in [0.25, 0.3) is 0 Å². The zero-order valence-corrected chi connectivity index (χ0v) is 46.5. The van der Waals surface area contributed by atoms with Crippen molar-refractivity contribution in [3.8, 4) is 145 Å². The molecule has 3 nitrogen and oxygen atoms in total. The van der Waals surface area contributed by atoms with Crippen molar-refractivity contribution in [3.63, 3.8) is 0 Å². The van der Waals surface area contributed by atoms with Crippen molar-refractivity contribution in [2.24, 2.45) is 0 Å². The van der Waals surface area contributed by atoms with Crippen molar-refractivity contribution in [3.05, 3.63) is 334 Å². The molecule has 0 atom stereocenters. The van der Waals surface area contributed by atoms with Crippen LogP contribution in [0.25, 0.3) is 145 Å². The molecule has 0 fully saturated rings. The van der Waals surface area contributed by atoms with Gasteiger partial charge in [-0.3, -0.25) is 15.0 Å². The number of rotatable bonds is 13. The molecule has 0 radical (unpaired) electrons. The van der Waals surface area contributed by atoms with E-state index in [1.165, 1.54) is 0 Å². The average molecular weight is 1090 g/mol. The largest absolute Gasteiger partial charge is 0.256 e. The fourth-order valence-electron chi connectivity index (χ4n) is 12.0. The highest BCUT2D eigenvalue weighted by Gasteiger charge is 2.24. The van der Waals surface area contributed by atoms with Crippen LogP contribution in [0.15, 0.2) is 328 Å². The predicted molar refractivity (Wildman–Crippen MR) is 355 cm³/mol. The van der Waals surface area contributed by atoms with E-state index in [2.05, 4.69) is 249 Å². The maximum atomic E-state index is 8.66. The molecule has 3 aromatic heterocycles. The van der Waals surface area contributed by atoms with Gasteiger partial charge in [0, 0.05) is 45.0 Å². The minimum Gasteiger partial charge on any atom is -0.256 e. The molecule has 0 spiro atoms. The van der Waals surface area contributed by atoms with Crippen molar-refractivity contribution < 1.29 is 4.11 Å². The Bertz CT molecular complexity index is 4790. The fraction of sp³-hybridized carbons (Fsp3) is 0.0122. The number of benzene rings is 11. The average Bonchev–Trinajstić information content (AvgIpc) is 1.52. The lowest BCUT2D eigenvalue weighted by molar-refractivity contribution is 1.29. The van der Waals surface area contributed by atoms with Gasteiger partial charge in [-0.15, -0.1) is 0 Å². The number of hydrogen-bond acceptors (Lipinski definition) is 3. The van der Waals surface area contributed by atoms with Crippen LogP contribution in [0.1, 0.15) is 9.68 Å². The summed E-state index contributed by atoms with van der Waals surface area (Å²) in [5.74, 6) is 0. The van der Waals surface area contributed by atoms with Crippen molar-refractivity contribution in [2.75, 3.05) is 0 Å². The van der Waals surface area contributed by atoms with Crippen LogP contribution in [0.5, 0.6) is 0 Å². The normalized spacial score (nSPS) is 11.8. The molecule has 0 N–H and O–H groups in total. The van der Waals surface area contributed by atoms with Crippen LogP contribution in [0, 0.1) is 6.85 Å². The zero-order chi connectivity index (χ0) is 59.4. The van der Waals surface area contributed by atoms with Gasteiger partial charge < -0.3 is 0 Å². The summed E-state index contributed by atoms with van der Waals surface area (Å²) in [4.78, 5) is 14.7. The van der Waals surface area contributed by atoms with Crippen molar-refractivity contribution in [2.45, 2.75) is 6.85 Å². The van der Waals surface area contributed by atoms with E-state index in [9.17, 15) is 0 Å². The highest BCUT2D eigenvalue weighted by atomic mass is 14.7. The molecule has 14 rings (SSSR count). The summed E-state index contributed by atoms with van der Waals surface area (Å²) in [7, 11) is 0. The first kappa shape index (κ1) is 48.6. The van der Waals surface area contributed by atoms with Gasteiger partial charge >= 0.3 is 0 Å². The molecule has 0 aliphatic carbocycles. The quantitative estimate of drug-likeness (QED) is 0.115. The number of hydrogen-bond donors (Lipinski definition) is 0. The lowest BCUT2D eigenvalue weighted by atomic mass is 9.80. The molecule has 85 heavy (non-hydrogen) atoms. The molecule has 0 aliphatic rings. The molecular formula is C82H57N3. The second kappa shape index (κ2) is 23.4. The SMILES string of the molecule is [2H]C([2H])([2H])c1cc(-c2ccc(-c3ccccc3-c3ccc(-c4cc(-c5ccccn5)cc(-c5ccccc5)c4-c4ccccc4)c(-c4ccccc4-c4ccc(-c5ccccn5)cc4-c4ccccc4)c3)c(-c3ccccc3)c2)ncc1-c1ccccc1. The summed E-state index contributed by atoms with van der Waals surface area (Å²) < 4.78 is 26.0. The van der Waals surface area contributed by atoms with Crippen molar-refractivity contribution >= 4 is 0 Å². The molecule has 0 unspecified atom stereocenters. The Morgan fingerprint density at radius 2 is 0.576 bits per heavy atom. The smallest absolute Gasteiger partial charge is 0.0705 e. The Hall–Kier alpha value is -11.1. The molecule has 0 amide bonds. The maximum Gasteiger partial charge on any atom is 0.0705 e. The molecule has 0 bridgehead atoms.